The molecule has 1 atom stereocenters. The predicted molar refractivity (Wildman–Crippen MR) is 85.6 cm³/mol. The predicted octanol–water partition coefficient (Wildman–Crippen LogP) is 4.03. The molecule has 0 aromatic heterocycles. The van der Waals surface area contributed by atoms with Gasteiger partial charge in [-0.25, -0.2) is 0 Å². The molecule has 3 heteroatoms. The average molecular weight is 328 g/mol. The summed E-state index contributed by atoms with van der Waals surface area (Å²) in [4.78, 5) is 0. The van der Waals surface area contributed by atoms with Crippen LogP contribution in [0.3, 0.4) is 0 Å². The Bertz CT molecular complexity index is 370. The number of hydrogen-bond acceptors (Lipinski definition) is 2. The molecule has 0 spiro atoms. The SMILES string of the molecule is CCCC(C)(CNCCOC)Cc1ccccc1Br. The standard InChI is InChI=1S/C16H26BrNO/c1-4-9-16(2,13-18-10-11-19-3)12-14-7-5-6-8-15(14)17/h5-8,18H,4,9-13H2,1-3H3. The molecule has 0 amide bonds. The summed E-state index contributed by atoms with van der Waals surface area (Å²) < 4.78 is 6.30. The van der Waals surface area contributed by atoms with Crippen molar-refractivity contribution in [2.45, 2.75) is 33.1 Å². The van der Waals surface area contributed by atoms with E-state index in [4.69, 9.17) is 4.74 Å². The first-order valence-corrected chi connectivity index (χ1v) is 7.83. The zero-order valence-corrected chi connectivity index (χ0v) is 13.9. The van der Waals surface area contributed by atoms with Crippen LogP contribution in [0.2, 0.25) is 0 Å². The van der Waals surface area contributed by atoms with Crippen LogP contribution in [0.25, 0.3) is 0 Å². The van der Waals surface area contributed by atoms with Crippen LogP contribution >= 0.6 is 15.9 Å². The number of methoxy groups -OCH3 is 1. The van der Waals surface area contributed by atoms with Gasteiger partial charge in [-0.2, -0.15) is 0 Å². The topological polar surface area (TPSA) is 21.3 Å². The number of nitrogens with one attached hydrogen (secondary N) is 1. The van der Waals surface area contributed by atoms with E-state index in [1.54, 1.807) is 7.11 Å². The van der Waals surface area contributed by atoms with Crippen LogP contribution < -0.4 is 5.32 Å². The molecule has 108 valence electrons. The molecule has 0 saturated carbocycles. The minimum Gasteiger partial charge on any atom is -0.383 e. The third-order valence-electron chi connectivity index (χ3n) is 3.46. The van der Waals surface area contributed by atoms with Gasteiger partial charge in [0.1, 0.15) is 0 Å². The van der Waals surface area contributed by atoms with Crippen molar-refractivity contribution in [1.82, 2.24) is 5.32 Å². The Morgan fingerprint density at radius 2 is 2.05 bits per heavy atom. The highest BCUT2D eigenvalue weighted by atomic mass is 79.9. The number of ether oxygens (including phenoxy) is 1. The van der Waals surface area contributed by atoms with E-state index in [2.05, 4.69) is 59.4 Å². The van der Waals surface area contributed by atoms with E-state index in [-0.39, 0.29) is 0 Å². The smallest absolute Gasteiger partial charge is 0.0587 e. The summed E-state index contributed by atoms with van der Waals surface area (Å²) in [5, 5.41) is 3.51. The van der Waals surface area contributed by atoms with Crippen molar-refractivity contribution in [2.75, 3.05) is 26.8 Å². The summed E-state index contributed by atoms with van der Waals surface area (Å²) in [5.74, 6) is 0. The molecule has 1 aromatic carbocycles. The van der Waals surface area contributed by atoms with Crippen LogP contribution in [0, 0.1) is 5.41 Å². The second-order valence-corrected chi connectivity index (χ2v) is 6.35. The molecule has 0 saturated heterocycles. The fourth-order valence-corrected chi connectivity index (χ4v) is 2.93. The van der Waals surface area contributed by atoms with Crippen LogP contribution in [-0.4, -0.2) is 26.8 Å². The van der Waals surface area contributed by atoms with Crippen molar-refractivity contribution in [3.8, 4) is 0 Å². The maximum atomic E-state index is 5.08. The van der Waals surface area contributed by atoms with Crippen molar-refractivity contribution in [3.63, 3.8) is 0 Å². The zero-order chi connectivity index (χ0) is 14.1. The lowest BCUT2D eigenvalue weighted by atomic mass is 9.79. The summed E-state index contributed by atoms with van der Waals surface area (Å²) >= 11 is 3.65. The van der Waals surface area contributed by atoms with Gasteiger partial charge in [0, 0.05) is 24.7 Å². The van der Waals surface area contributed by atoms with Crippen LogP contribution in [0.15, 0.2) is 28.7 Å². The van der Waals surface area contributed by atoms with Gasteiger partial charge < -0.3 is 10.1 Å². The Hall–Kier alpha value is -0.380. The minimum atomic E-state index is 0.298. The fourth-order valence-electron chi connectivity index (χ4n) is 2.51. The van der Waals surface area contributed by atoms with E-state index in [1.807, 2.05) is 0 Å². The highest BCUT2D eigenvalue weighted by Gasteiger charge is 2.24. The van der Waals surface area contributed by atoms with Gasteiger partial charge >= 0.3 is 0 Å². The summed E-state index contributed by atoms with van der Waals surface area (Å²) in [6.45, 7) is 7.36. The Morgan fingerprint density at radius 1 is 1.32 bits per heavy atom. The lowest BCUT2D eigenvalue weighted by Crippen LogP contribution is -2.35. The van der Waals surface area contributed by atoms with Crippen molar-refractivity contribution in [1.29, 1.82) is 0 Å². The molecule has 0 aliphatic carbocycles. The number of halogens is 1. The first-order chi connectivity index (χ1) is 9.11. The van der Waals surface area contributed by atoms with Crippen molar-refractivity contribution in [2.24, 2.45) is 5.41 Å². The van der Waals surface area contributed by atoms with E-state index < -0.39 is 0 Å². The molecular weight excluding hydrogens is 302 g/mol. The summed E-state index contributed by atoms with van der Waals surface area (Å²) in [5.41, 5.74) is 1.69. The monoisotopic (exact) mass is 327 g/mol. The van der Waals surface area contributed by atoms with Gasteiger partial charge in [0.25, 0.3) is 0 Å². The van der Waals surface area contributed by atoms with E-state index in [1.165, 1.54) is 22.9 Å². The second-order valence-electron chi connectivity index (χ2n) is 5.50. The van der Waals surface area contributed by atoms with E-state index in [9.17, 15) is 0 Å². The molecule has 19 heavy (non-hydrogen) atoms. The van der Waals surface area contributed by atoms with Crippen LogP contribution in [0.1, 0.15) is 32.3 Å². The molecule has 0 fully saturated rings. The van der Waals surface area contributed by atoms with Gasteiger partial charge in [-0.15, -0.1) is 0 Å². The lowest BCUT2D eigenvalue weighted by molar-refractivity contribution is 0.190. The second kappa shape index (κ2) is 8.72. The van der Waals surface area contributed by atoms with E-state index in [0.29, 0.717) is 5.41 Å². The maximum absolute atomic E-state index is 5.08. The van der Waals surface area contributed by atoms with Gasteiger partial charge in [0.2, 0.25) is 0 Å². The number of rotatable bonds is 9. The third-order valence-corrected chi connectivity index (χ3v) is 4.24. The number of hydrogen-bond donors (Lipinski definition) is 1. The van der Waals surface area contributed by atoms with Gasteiger partial charge in [0.05, 0.1) is 6.61 Å². The minimum absolute atomic E-state index is 0.298. The maximum Gasteiger partial charge on any atom is 0.0587 e. The third kappa shape index (κ3) is 6.07. The van der Waals surface area contributed by atoms with Gasteiger partial charge in [-0.1, -0.05) is 54.4 Å². The van der Waals surface area contributed by atoms with Gasteiger partial charge in [0.15, 0.2) is 0 Å². The Morgan fingerprint density at radius 3 is 2.68 bits per heavy atom. The molecule has 0 heterocycles. The van der Waals surface area contributed by atoms with E-state index >= 15 is 0 Å². The summed E-state index contributed by atoms with van der Waals surface area (Å²) in [6, 6.07) is 8.53. The molecule has 0 aliphatic rings. The quantitative estimate of drug-likeness (QED) is 0.691. The summed E-state index contributed by atoms with van der Waals surface area (Å²) in [7, 11) is 1.74. The lowest BCUT2D eigenvalue weighted by Gasteiger charge is -2.30. The highest BCUT2D eigenvalue weighted by molar-refractivity contribution is 9.10. The van der Waals surface area contributed by atoms with Crippen LogP contribution in [0.4, 0.5) is 0 Å². The van der Waals surface area contributed by atoms with E-state index in [0.717, 1.165) is 26.1 Å². The highest BCUT2D eigenvalue weighted by Crippen LogP contribution is 2.30. The van der Waals surface area contributed by atoms with Crippen molar-refractivity contribution >= 4 is 15.9 Å². The van der Waals surface area contributed by atoms with Gasteiger partial charge in [-0.3, -0.25) is 0 Å². The first-order valence-electron chi connectivity index (χ1n) is 7.04. The molecule has 0 aliphatic heterocycles. The molecular formula is C16H26BrNO. The van der Waals surface area contributed by atoms with Crippen LogP contribution in [0.5, 0.6) is 0 Å². The molecule has 1 N–H and O–H groups in total. The molecule has 0 bridgehead atoms. The molecule has 1 aromatic rings. The first kappa shape index (κ1) is 16.7. The normalized spacial score (nSPS) is 14.3. The van der Waals surface area contributed by atoms with Crippen LogP contribution in [-0.2, 0) is 11.2 Å². The fraction of sp³-hybridized carbons (Fsp3) is 0.625. The average Bonchev–Trinajstić information content (AvgIpc) is 2.38. The summed E-state index contributed by atoms with van der Waals surface area (Å²) in [6.07, 6.45) is 3.55. The van der Waals surface area contributed by atoms with Crippen molar-refractivity contribution < 1.29 is 4.74 Å². The largest absolute Gasteiger partial charge is 0.383 e. The molecule has 2 nitrogen and oxygen atoms in total. The molecule has 0 radical (unpaired) electrons. The Kier molecular flexibility index (Phi) is 7.66. The Balaban J connectivity index is 2.62. The van der Waals surface area contributed by atoms with Crippen molar-refractivity contribution in [3.05, 3.63) is 34.3 Å². The Labute approximate surface area is 126 Å². The molecule has 1 rings (SSSR count). The zero-order valence-electron chi connectivity index (χ0n) is 12.3. The number of benzene rings is 1. The van der Waals surface area contributed by atoms with Gasteiger partial charge in [-0.05, 0) is 29.9 Å². The molecule has 1 unspecified atom stereocenters.